The van der Waals surface area contributed by atoms with Crippen molar-refractivity contribution < 1.29 is 9.69 Å². The van der Waals surface area contributed by atoms with Crippen LogP contribution in [0.1, 0.15) is 32.4 Å². The second-order valence-corrected chi connectivity index (χ2v) is 5.70. The molecule has 0 fully saturated rings. The molecule has 1 heterocycles. The molecule has 6 nitrogen and oxygen atoms in total. The van der Waals surface area contributed by atoms with Gasteiger partial charge in [-0.25, -0.2) is 5.10 Å². The third kappa shape index (κ3) is 3.96. The predicted molar refractivity (Wildman–Crippen MR) is 90.7 cm³/mol. The maximum Gasteiger partial charge on any atom is 0.272 e. The highest BCUT2D eigenvalue weighted by Crippen LogP contribution is 2.20. The molecule has 6 heteroatoms. The van der Waals surface area contributed by atoms with Gasteiger partial charge < -0.3 is 10.2 Å². The second kappa shape index (κ2) is 7.87. The van der Waals surface area contributed by atoms with Gasteiger partial charge >= 0.3 is 0 Å². The Bertz CT molecular complexity index is 722. The van der Waals surface area contributed by atoms with Crippen LogP contribution in [0.4, 0.5) is 0 Å². The fraction of sp³-hybridized carbons (Fsp3) is 0.471. The van der Waals surface area contributed by atoms with Gasteiger partial charge in [0.25, 0.3) is 5.56 Å². The molecule has 1 atom stereocenters. The molecule has 0 saturated carbocycles. The molecule has 1 amide bonds. The molecule has 0 aliphatic heterocycles. The minimum Gasteiger partial charge on any atom is -0.350 e. The summed E-state index contributed by atoms with van der Waals surface area (Å²) in [5.41, 5.74) is 0.370. The molecular formula is C17H25N4O2+. The van der Waals surface area contributed by atoms with Crippen molar-refractivity contribution >= 4 is 16.7 Å². The first-order valence-electron chi connectivity index (χ1n) is 8.17. The van der Waals surface area contributed by atoms with Crippen LogP contribution in [0.5, 0.6) is 0 Å². The number of aromatic nitrogens is 2. The molecule has 124 valence electrons. The van der Waals surface area contributed by atoms with E-state index in [1.165, 1.54) is 4.90 Å². The van der Waals surface area contributed by atoms with Crippen molar-refractivity contribution in [2.24, 2.45) is 0 Å². The predicted octanol–water partition coefficient (Wildman–Crippen LogP) is 0.0675. The van der Waals surface area contributed by atoms with E-state index in [2.05, 4.69) is 29.4 Å². The number of hydrogen-bond acceptors (Lipinski definition) is 3. The van der Waals surface area contributed by atoms with E-state index >= 15 is 0 Å². The number of rotatable bonds is 7. The lowest BCUT2D eigenvalue weighted by Crippen LogP contribution is -3.12. The van der Waals surface area contributed by atoms with E-state index in [4.69, 9.17) is 0 Å². The summed E-state index contributed by atoms with van der Waals surface area (Å²) in [6.45, 7) is 9.74. The molecule has 0 aliphatic carbocycles. The third-order valence-corrected chi connectivity index (χ3v) is 4.31. The van der Waals surface area contributed by atoms with Gasteiger partial charge in [0, 0.05) is 5.39 Å². The molecule has 1 aromatic carbocycles. The molecule has 0 aliphatic rings. The number of aromatic amines is 1. The quantitative estimate of drug-likeness (QED) is 0.676. The Morgan fingerprint density at radius 3 is 2.57 bits per heavy atom. The van der Waals surface area contributed by atoms with Crippen LogP contribution in [0.3, 0.4) is 0 Å². The minimum absolute atomic E-state index is 0.0683. The number of hydrogen-bond donors (Lipinski definition) is 3. The summed E-state index contributed by atoms with van der Waals surface area (Å²) in [5.74, 6) is -0.482. The van der Waals surface area contributed by atoms with Gasteiger partial charge in [-0.3, -0.25) is 9.59 Å². The Hall–Kier alpha value is -2.21. The molecule has 0 spiro atoms. The van der Waals surface area contributed by atoms with Gasteiger partial charge in [0.2, 0.25) is 5.91 Å². The molecule has 0 saturated heterocycles. The van der Waals surface area contributed by atoms with Crippen molar-refractivity contribution in [3.8, 4) is 0 Å². The first-order valence-corrected chi connectivity index (χ1v) is 8.17. The standard InChI is InChI=1S/C17H24N4O2/c1-4-21(5-2)11-10-18-16(22)12(3)15-13-8-6-7-9-14(13)17(23)20-19-15/h6-9,12H,4-5,10-11H2,1-3H3,(H,18,22)(H,20,23)/p+1/t12-/m0/s1. The molecule has 0 radical (unpaired) electrons. The zero-order valence-corrected chi connectivity index (χ0v) is 14.0. The van der Waals surface area contributed by atoms with Crippen molar-refractivity contribution in [1.29, 1.82) is 0 Å². The van der Waals surface area contributed by atoms with Crippen LogP contribution in [-0.4, -0.2) is 42.3 Å². The average molecular weight is 317 g/mol. The van der Waals surface area contributed by atoms with Gasteiger partial charge in [0.15, 0.2) is 0 Å². The Labute approximate surface area is 135 Å². The Balaban J connectivity index is 2.11. The summed E-state index contributed by atoms with van der Waals surface area (Å²) in [6.07, 6.45) is 0. The molecular weight excluding hydrogens is 292 g/mol. The van der Waals surface area contributed by atoms with Crippen LogP contribution in [0, 0.1) is 0 Å². The monoisotopic (exact) mass is 317 g/mol. The van der Waals surface area contributed by atoms with E-state index in [9.17, 15) is 9.59 Å². The lowest BCUT2D eigenvalue weighted by Gasteiger charge is -2.17. The SMILES string of the molecule is CC[NH+](CC)CCNC(=O)[C@@H](C)c1n[nH]c(=O)c2ccccc12. The van der Waals surface area contributed by atoms with E-state index in [-0.39, 0.29) is 11.5 Å². The number of quaternary nitrogens is 1. The van der Waals surface area contributed by atoms with Gasteiger partial charge in [-0.15, -0.1) is 0 Å². The van der Waals surface area contributed by atoms with E-state index in [0.29, 0.717) is 17.6 Å². The van der Waals surface area contributed by atoms with Gasteiger partial charge in [-0.1, -0.05) is 18.2 Å². The van der Waals surface area contributed by atoms with Crippen molar-refractivity contribution in [3.63, 3.8) is 0 Å². The summed E-state index contributed by atoms with van der Waals surface area (Å²) >= 11 is 0. The molecule has 23 heavy (non-hydrogen) atoms. The number of nitrogens with one attached hydrogen (secondary N) is 3. The van der Waals surface area contributed by atoms with E-state index in [1.807, 2.05) is 19.1 Å². The molecule has 0 bridgehead atoms. The largest absolute Gasteiger partial charge is 0.350 e. The van der Waals surface area contributed by atoms with Crippen LogP contribution < -0.4 is 15.8 Å². The number of amides is 1. The van der Waals surface area contributed by atoms with Crippen LogP contribution in [0.25, 0.3) is 10.8 Å². The summed E-state index contributed by atoms with van der Waals surface area (Å²) in [5, 5.41) is 10.8. The second-order valence-electron chi connectivity index (χ2n) is 5.70. The number of benzene rings is 1. The highest BCUT2D eigenvalue weighted by molar-refractivity contribution is 5.90. The van der Waals surface area contributed by atoms with Crippen molar-refractivity contribution in [2.45, 2.75) is 26.7 Å². The Morgan fingerprint density at radius 2 is 1.91 bits per heavy atom. The van der Waals surface area contributed by atoms with Crippen LogP contribution in [0.2, 0.25) is 0 Å². The molecule has 2 rings (SSSR count). The average Bonchev–Trinajstić information content (AvgIpc) is 2.58. The lowest BCUT2D eigenvalue weighted by molar-refractivity contribution is -0.895. The fourth-order valence-electron chi connectivity index (χ4n) is 2.71. The van der Waals surface area contributed by atoms with Crippen molar-refractivity contribution in [3.05, 3.63) is 40.3 Å². The number of nitrogens with zero attached hydrogens (tertiary/aromatic N) is 1. The van der Waals surface area contributed by atoms with Crippen molar-refractivity contribution in [1.82, 2.24) is 15.5 Å². The van der Waals surface area contributed by atoms with E-state index in [0.717, 1.165) is 25.0 Å². The minimum atomic E-state index is -0.413. The topological polar surface area (TPSA) is 79.3 Å². The van der Waals surface area contributed by atoms with Gasteiger partial charge in [-0.2, -0.15) is 5.10 Å². The number of likely N-dealkylation sites (N-methyl/N-ethyl adjacent to an activating group) is 1. The number of carbonyl (C=O) groups is 1. The highest BCUT2D eigenvalue weighted by Gasteiger charge is 2.20. The van der Waals surface area contributed by atoms with Crippen LogP contribution >= 0.6 is 0 Å². The normalized spacial score (nSPS) is 12.5. The van der Waals surface area contributed by atoms with Crippen LogP contribution in [0.15, 0.2) is 29.1 Å². The lowest BCUT2D eigenvalue weighted by atomic mass is 10.0. The third-order valence-electron chi connectivity index (χ3n) is 4.31. The number of carbonyl (C=O) groups excluding carboxylic acids is 1. The van der Waals surface area contributed by atoms with Crippen LogP contribution in [-0.2, 0) is 4.79 Å². The molecule has 0 unspecified atom stereocenters. The maximum atomic E-state index is 12.4. The first-order chi connectivity index (χ1) is 11.1. The summed E-state index contributed by atoms with van der Waals surface area (Å²) < 4.78 is 0. The van der Waals surface area contributed by atoms with Gasteiger partial charge in [-0.05, 0) is 26.8 Å². The fourth-order valence-corrected chi connectivity index (χ4v) is 2.71. The molecule has 2 aromatic rings. The van der Waals surface area contributed by atoms with Gasteiger partial charge in [0.1, 0.15) is 0 Å². The van der Waals surface area contributed by atoms with Gasteiger partial charge in [0.05, 0.1) is 43.2 Å². The molecule has 1 aromatic heterocycles. The summed E-state index contributed by atoms with van der Waals surface area (Å²) in [7, 11) is 0. The zero-order valence-electron chi connectivity index (χ0n) is 14.0. The Kier molecular flexibility index (Phi) is 5.87. The first kappa shape index (κ1) is 17.1. The number of H-pyrrole nitrogens is 1. The van der Waals surface area contributed by atoms with E-state index in [1.54, 1.807) is 12.1 Å². The summed E-state index contributed by atoms with van der Waals surface area (Å²) in [4.78, 5) is 25.6. The smallest absolute Gasteiger partial charge is 0.272 e. The highest BCUT2D eigenvalue weighted by atomic mass is 16.2. The van der Waals surface area contributed by atoms with E-state index < -0.39 is 5.92 Å². The maximum absolute atomic E-state index is 12.4. The Morgan fingerprint density at radius 1 is 1.26 bits per heavy atom. The zero-order chi connectivity index (χ0) is 16.8. The summed E-state index contributed by atoms with van der Waals surface area (Å²) in [6, 6.07) is 7.23. The number of fused-ring (bicyclic) bond motifs is 1. The van der Waals surface area contributed by atoms with Crippen molar-refractivity contribution in [2.75, 3.05) is 26.2 Å². The molecule has 3 N–H and O–H groups in total.